The maximum absolute atomic E-state index is 12.6. The summed E-state index contributed by atoms with van der Waals surface area (Å²) in [6.45, 7) is 6.94. The number of hydrogen-bond acceptors (Lipinski definition) is 2. The average molecular weight is 246 g/mol. The zero-order chi connectivity index (χ0) is 13.3. The molecular weight excluding hydrogens is 224 g/mol. The van der Waals surface area contributed by atoms with Gasteiger partial charge in [-0.25, -0.2) is 0 Å². The lowest BCUT2D eigenvalue weighted by Gasteiger charge is -2.28. The van der Waals surface area contributed by atoms with E-state index in [9.17, 15) is 4.79 Å². The number of nitrogen functional groups attached to an aromatic ring is 1. The zero-order valence-electron chi connectivity index (χ0n) is 11.4. The molecule has 0 unspecified atom stereocenters. The topological polar surface area (TPSA) is 46.3 Å². The summed E-state index contributed by atoms with van der Waals surface area (Å²) in [7, 11) is 0. The Labute approximate surface area is 109 Å². The Balaban J connectivity index is 2.26. The van der Waals surface area contributed by atoms with E-state index in [0.717, 1.165) is 12.1 Å². The molecular formula is C15H22N2O. The van der Waals surface area contributed by atoms with Gasteiger partial charge in [-0.3, -0.25) is 4.79 Å². The fraction of sp³-hybridized carbons (Fsp3) is 0.533. The summed E-state index contributed by atoms with van der Waals surface area (Å²) in [5.74, 6) is 0.772. The molecule has 98 valence electrons. The number of amides is 1. The van der Waals surface area contributed by atoms with Crippen LogP contribution in [0.25, 0.3) is 0 Å². The summed E-state index contributed by atoms with van der Waals surface area (Å²) in [6, 6.07) is 5.86. The number of nitrogens with two attached hydrogens (primary N) is 1. The Hall–Kier alpha value is -1.51. The maximum Gasteiger partial charge on any atom is 0.256 e. The van der Waals surface area contributed by atoms with Gasteiger partial charge in [0.05, 0.1) is 5.56 Å². The lowest BCUT2D eigenvalue weighted by atomic mass is 10.0. The number of aryl methyl sites for hydroxylation is 1. The summed E-state index contributed by atoms with van der Waals surface area (Å²) in [5.41, 5.74) is 8.18. The first-order chi connectivity index (χ1) is 8.50. The van der Waals surface area contributed by atoms with Gasteiger partial charge in [0.15, 0.2) is 0 Å². The van der Waals surface area contributed by atoms with Crippen LogP contribution in [0, 0.1) is 12.8 Å². The van der Waals surface area contributed by atoms with Gasteiger partial charge in [-0.2, -0.15) is 0 Å². The second-order valence-corrected chi connectivity index (χ2v) is 5.53. The quantitative estimate of drug-likeness (QED) is 0.830. The fourth-order valence-electron chi connectivity index (χ4n) is 2.23. The van der Waals surface area contributed by atoms with Crippen molar-refractivity contribution in [2.75, 3.05) is 12.3 Å². The Morgan fingerprint density at radius 3 is 2.61 bits per heavy atom. The molecule has 2 N–H and O–H groups in total. The summed E-state index contributed by atoms with van der Waals surface area (Å²) in [4.78, 5) is 14.6. The Morgan fingerprint density at radius 1 is 1.44 bits per heavy atom. The lowest BCUT2D eigenvalue weighted by Crippen LogP contribution is -2.39. The number of anilines is 1. The van der Waals surface area contributed by atoms with Crippen molar-refractivity contribution in [3.8, 4) is 0 Å². The smallest absolute Gasteiger partial charge is 0.256 e. The molecule has 0 aliphatic heterocycles. The number of benzene rings is 1. The van der Waals surface area contributed by atoms with Crippen LogP contribution >= 0.6 is 0 Å². The fourth-order valence-corrected chi connectivity index (χ4v) is 2.23. The molecule has 0 aromatic heterocycles. The summed E-state index contributed by atoms with van der Waals surface area (Å²) >= 11 is 0. The van der Waals surface area contributed by atoms with Crippen molar-refractivity contribution in [3.05, 3.63) is 29.3 Å². The molecule has 1 fully saturated rings. The first-order valence-electron chi connectivity index (χ1n) is 6.66. The maximum atomic E-state index is 12.6. The summed E-state index contributed by atoms with van der Waals surface area (Å²) in [5, 5.41) is 0. The van der Waals surface area contributed by atoms with Gasteiger partial charge in [0, 0.05) is 18.3 Å². The molecule has 0 bridgehead atoms. The minimum absolute atomic E-state index is 0.0764. The van der Waals surface area contributed by atoms with Gasteiger partial charge in [-0.15, -0.1) is 0 Å². The van der Waals surface area contributed by atoms with E-state index in [1.807, 2.05) is 24.0 Å². The van der Waals surface area contributed by atoms with Gasteiger partial charge < -0.3 is 10.6 Å². The molecule has 1 aliphatic carbocycles. The highest BCUT2D eigenvalue weighted by Crippen LogP contribution is 2.31. The van der Waals surface area contributed by atoms with Crippen molar-refractivity contribution < 1.29 is 4.79 Å². The average Bonchev–Trinajstić information content (AvgIpc) is 3.08. The van der Waals surface area contributed by atoms with Gasteiger partial charge in [0.25, 0.3) is 5.91 Å². The normalized spacial score (nSPS) is 14.9. The number of carbonyl (C=O) groups is 1. The lowest BCUT2D eigenvalue weighted by molar-refractivity contribution is 0.0696. The number of carbonyl (C=O) groups excluding carboxylic acids is 1. The van der Waals surface area contributed by atoms with E-state index in [1.54, 1.807) is 6.07 Å². The Kier molecular flexibility index (Phi) is 3.60. The van der Waals surface area contributed by atoms with E-state index >= 15 is 0 Å². The second-order valence-electron chi connectivity index (χ2n) is 5.53. The van der Waals surface area contributed by atoms with E-state index in [0.29, 0.717) is 17.2 Å². The van der Waals surface area contributed by atoms with Crippen LogP contribution in [-0.4, -0.2) is 23.4 Å². The summed E-state index contributed by atoms with van der Waals surface area (Å²) in [6.07, 6.45) is 2.50. The molecule has 0 saturated heterocycles. The van der Waals surface area contributed by atoms with Gasteiger partial charge >= 0.3 is 0 Å². The van der Waals surface area contributed by atoms with Crippen LogP contribution < -0.4 is 5.73 Å². The molecule has 1 aromatic rings. The third-order valence-electron chi connectivity index (χ3n) is 3.55. The molecule has 1 aliphatic rings. The minimum Gasteiger partial charge on any atom is -0.398 e. The molecule has 18 heavy (non-hydrogen) atoms. The highest BCUT2D eigenvalue weighted by Gasteiger charge is 2.29. The molecule has 3 heteroatoms. The minimum atomic E-state index is 0.0764. The van der Waals surface area contributed by atoms with Gasteiger partial charge in [-0.1, -0.05) is 12.1 Å². The monoisotopic (exact) mass is 246 g/mol. The number of hydrogen-bond donors (Lipinski definition) is 1. The third-order valence-corrected chi connectivity index (χ3v) is 3.55. The van der Waals surface area contributed by atoms with Crippen LogP contribution in [0.1, 0.15) is 42.6 Å². The molecule has 0 radical (unpaired) electrons. The molecule has 0 heterocycles. The van der Waals surface area contributed by atoms with Gasteiger partial charge in [-0.05, 0) is 51.2 Å². The van der Waals surface area contributed by atoms with Crippen LogP contribution in [-0.2, 0) is 0 Å². The number of nitrogens with zero attached hydrogens (tertiary/aromatic N) is 1. The zero-order valence-corrected chi connectivity index (χ0v) is 11.4. The van der Waals surface area contributed by atoms with Crippen molar-refractivity contribution in [1.82, 2.24) is 4.90 Å². The molecule has 0 atom stereocenters. The predicted octanol–water partition coefficient (Wildman–Crippen LogP) is 2.84. The highest BCUT2D eigenvalue weighted by molar-refractivity contribution is 6.00. The van der Waals surface area contributed by atoms with Crippen LogP contribution in [0.4, 0.5) is 5.69 Å². The molecule has 2 rings (SSSR count). The van der Waals surface area contributed by atoms with E-state index in [-0.39, 0.29) is 11.9 Å². The van der Waals surface area contributed by atoms with E-state index in [4.69, 9.17) is 5.73 Å². The molecule has 3 nitrogen and oxygen atoms in total. The van der Waals surface area contributed by atoms with E-state index in [2.05, 4.69) is 13.8 Å². The first-order valence-corrected chi connectivity index (χ1v) is 6.66. The van der Waals surface area contributed by atoms with Crippen LogP contribution in [0.15, 0.2) is 18.2 Å². The van der Waals surface area contributed by atoms with Crippen molar-refractivity contribution >= 4 is 11.6 Å². The highest BCUT2D eigenvalue weighted by atomic mass is 16.2. The van der Waals surface area contributed by atoms with Crippen LogP contribution in [0.2, 0.25) is 0 Å². The van der Waals surface area contributed by atoms with Crippen LogP contribution in [0.3, 0.4) is 0 Å². The molecule has 1 amide bonds. The van der Waals surface area contributed by atoms with Crippen molar-refractivity contribution in [2.24, 2.45) is 5.92 Å². The largest absolute Gasteiger partial charge is 0.398 e. The SMILES string of the molecule is Cc1cccc(N)c1C(=O)N(CC1CC1)C(C)C. The van der Waals surface area contributed by atoms with Crippen molar-refractivity contribution in [3.63, 3.8) is 0 Å². The Morgan fingerprint density at radius 2 is 2.11 bits per heavy atom. The van der Waals surface area contributed by atoms with Crippen molar-refractivity contribution in [1.29, 1.82) is 0 Å². The van der Waals surface area contributed by atoms with Gasteiger partial charge in [0.1, 0.15) is 0 Å². The second kappa shape index (κ2) is 5.01. The summed E-state index contributed by atoms with van der Waals surface area (Å²) < 4.78 is 0. The molecule has 0 spiro atoms. The predicted molar refractivity (Wildman–Crippen MR) is 74.5 cm³/mol. The molecule has 1 aromatic carbocycles. The van der Waals surface area contributed by atoms with Crippen molar-refractivity contribution in [2.45, 2.75) is 39.7 Å². The Bertz CT molecular complexity index is 430. The van der Waals surface area contributed by atoms with Gasteiger partial charge in [0.2, 0.25) is 0 Å². The van der Waals surface area contributed by atoms with E-state index in [1.165, 1.54) is 12.8 Å². The third kappa shape index (κ3) is 2.66. The van der Waals surface area contributed by atoms with E-state index < -0.39 is 0 Å². The standard InChI is InChI=1S/C15H22N2O/c1-10(2)17(9-12-7-8-12)15(18)14-11(3)5-4-6-13(14)16/h4-6,10,12H,7-9,16H2,1-3H3. The molecule has 1 saturated carbocycles. The van der Waals surface area contributed by atoms with Crippen LogP contribution in [0.5, 0.6) is 0 Å². The number of rotatable bonds is 4. The first kappa shape index (κ1) is 12.9.